The van der Waals surface area contributed by atoms with Crippen molar-refractivity contribution in [3.05, 3.63) is 95.8 Å². The lowest BCUT2D eigenvalue weighted by Gasteiger charge is -2.33. The molecular formula is C26H19FN4O3. The van der Waals surface area contributed by atoms with Crippen LogP contribution in [0.15, 0.2) is 84.0 Å². The molecule has 4 unspecified atom stereocenters. The Balaban J connectivity index is 1.45. The first-order valence-corrected chi connectivity index (χ1v) is 10.9. The molecule has 6 rings (SSSR count). The van der Waals surface area contributed by atoms with Crippen molar-refractivity contribution in [3.8, 4) is 0 Å². The van der Waals surface area contributed by atoms with Crippen LogP contribution in [0, 0.1) is 17.7 Å². The van der Waals surface area contributed by atoms with Gasteiger partial charge in [0.05, 0.1) is 29.8 Å². The maximum Gasteiger partial charge on any atom is 0.249 e. The highest BCUT2D eigenvalue weighted by Gasteiger charge is 2.65. The summed E-state index contributed by atoms with van der Waals surface area (Å²) in [4.78, 5) is 41.9. The largest absolute Gasteiger partial charge is 0.324 e. The number of hydrazone groups is 1. The van der Waals surface area contributed by atoms with Gasteiger partial charge in [0.25, 0.3) is 0 Å². The fourth-order valence-electron chi connectivity index (χ4n) is 5.25. The molecule has 8 heteroatoms. The van der Waals surface area contributed by atoms with Crippen molar-refractivity contribution in [2.24, 2.45) is 16.9 Å². The maximum atomic E-state index is 13.7. The Labute approximate surface area is 194 Å². The van der Waals surface area contributed by atoms with E-state index in [0.717, 1.165) is 16.0 Å². The molecule has 168 valence electrons. The number of nitrogens with one attached hydrogen (secondary N) is 1. The molecule has 2 fully saturated rings. The second-order valence-corrected chi connectivity index (χ2v) is 8.54. The SMILES string of the molecule is O=C(Nc1ccccc1)C1C2C(=O)N(c3ccc(F)cc3)C(=O)C2C2c3ccccc3C=NN12. The van der Waals surface area contributed by atoms with Crippen LogP contribution in [0.4, 0.5) is 15.8 Å². The van der Waals surface area contributed by atoms with E-state index in [9.17, 15) is 18.8 Å². The van der Waals surface area contributed by atoms with Gasteiger partial charge in [0.1, 0.15) is 11.9 Å². The van der Waals surface area contributed by atoms with E-state index in [-0.39, 0.29) is 5.69 Å². The van der Waals surface area contributed by atoms with Crippen LogP contribution >= 0.6 is 0 Å². The van der Waals surface area contributed by atoms with Crippen LogP contribution in [0.25, 0.3) is 0 Å². The molecule has 3 aromatic rings. The zero-order valence-electron chi connectivity index (χ0n) is 17.8. The van der Waals surface area contributed by atoms with Crippen LogP contribution in [-0.2, 0) is 14.4 Å². The molecule has 3 heterocycles. The Morgan fingerprint density at radius 1 is 0.853 bits per heavy atom. The minimum absolute atomic E-state index is 0.284. The van der Waals surface area contributed by atoms with Gasteiger partial charge in [-0.25, -0.2) is 9.29 Å². The molecule has 7 nitrogen and oxygen atoms in total. The van der Waals surface area contributed by atoms with Crippen molar-refractivity contribution in [2.75, 3.05) is 10.2 Å². The highest BCUT2D eigenvalue weighted by atomic mass is 19.1. The van der Waals surface area contributed by atoms with Crippen molar-refractivity contribution >= 4 is 35.3 Å². The Hall–Kier alpha value is -4.33. The van der Waals surface area contributed by atoms with Gasteiger partial charge in [-0.3, -0.25) is 19.4 Å². The second kappa shape index (κ2) is 7.62. The van der Waals surface area contributed by atoms with Crippen molar-refractivity contribution < 1.29 is 18.8 Å². The number of anilines is 2. The number of amides is 3. The molecular weight excluding hydrogens is 435 g/mol. The van der Waals surface area contributed by atoms with Gasteiger partial charge in [-0.15, -0.1) is 0 Å². The van der Waals surface area contributed by atoms with Gasteiger partial charge < -0.3 is 5.32 Å². The number of nitrogens with zero attached hydrogens (tertiary/aromatic N) is 3. The standard InChI is InChI=1S/C26H19FN4O3/c27-16-10-12-18(13-11-16)30-25(33)20-21(26(30)34)23(24(32)29-17-7-2-1-3-8-17)31-22(20)19-9-5-4-6-15(19)14-28-31/h1-14,20-23H,(H,29,32). The first-order valence-electron chi connectivity index (χ1n) is 10.9. The Morgan fingerprint density at radius 2 is 1.53 bits per heavy atom. The highest BCUT2D eigenvalue weighted by molar-refractivity contribution is 6.24. The molecule has 4 atom stereocenters. The third-order valence-corrected chi connectivity index (χ3v) is 6.69. The number of halogens is 1. The van der Waals surface area contributed by atoms with Crippen LogP contribution in [0.5, 0.6) is 0 Å². The molecule has 1 N–H and O–H groups in total. The summed E-state index contributed by atoms with van der Waals surface area (Å²) in [5.41, 5.74) is 2.55. The van der Waals surface area contributed by atoms with Gasteiger partial charge in [-0.05, 0) is 47.5 Å². The van der Waals surface area contributed by atoms with Gasteiger partial charge in [-0.2, -0.15) is 5.10 Å². The molecule has 0 saturated carbocycles. The summed E-state index contributed by atoms with van der Waals surface area (Å²) in [6, 6.07) is 20.1. The molecule has 0 spiro atoms. The van der Waals surface area contributed by atoms with Crippen LogP contribution in [0.1, 0.15) is 17.2 Å². The quantitative estimate of drug-likeness (QED) is 0.616. The molecule has 3 aliphatic heterocycles. The third-order valence-electron chi connectivity index (χ3n) is 6.69. The van der Waals surface area contributed by atoms with E-state index >= 15 is 0 Å². The van der Waals surface area contributed by atoms with Gasteiger partial charge in [0, 0.05) is 5.69 Å². The van der Waals surface area contributed by atoms with E-state index in [1.165, 1.54) is 24.3 Å². The van der Waals surface area contributed by atoms with Gasteiger partial charge in [0.2, 0.25) is 17.7 Å². The summed E-state index contributed by atoms with van der Waals surface area (Å²) < 4.78 is 13.5. The van der Waals surface area contributed by atoms with Gasteiger partial charge in [-0.1, -0.05) is 42.5 Å². The predicted molar refractivity (Wildman–Crippen MR) is 123 cm³/mol. The first-order chi connectivity index (χ1) is 16.5. The Kier molecular flexibility index (Phi) is 4.55. The number of rotatable bonds is 3. The minimum atomic E-state index is -0.985. The number of fused-ring (bicyclic) bond motifs is 5. The van der Waals surface area contributed by atoms with E-state index in [4.69, 9.17) is 0 Å². The average Bonchev–Trinajstić information content (AvgIpc) is 3.33. The number of para-hydroxylation sites is 1. The van der Waals surface area contributed by atoms with Gasteiger partial charge in [0.15, 0.2) is 0 Å². The van der Waals surface area contributed by atoms with Crippen LogP contribution in [0.3, 0.4) is 0 Å². The molecule has 3 aromatic carbocycles. The third kappa shape index (κ3) is 2.95. The fourth-order valence-corrected chi connectivity index (χ4v) is 5.25. The van der Waals surface area contributed by atoms with Crippen molar-refractivity contribution in [1.29, 1.82) is 0 Å². The lowest BCUT2D eigenvalue weighted by Crippen LogP contribution is -2.46. The maximum absolute atomic E-state index is 13.7. The van der Waals surface area contributed by atoms with Crippen LogP contribution < -0.4 is 10.2 Å². The highest BCUT2D eigenvalue weighted by Crippen LogP contribution is 2.52. The summed E-state index contributed by atoms with van der Waals surface area (Å²) in [5, 5.41) is 8.97. The lowest BCUT2D eigenvalue weighted by molar-refractivity contribution is -0.129. The first kappa shape index (κ1) is 20.3. The van der Waals surface area contributed by atoms with Crippen molar-refractivity contribution in [3.63, 3.8) is 0 Å². The number of benzene rings is 3. The molecule has 0 aliphatic carbocycles. The Bertz CT molecular complexity index is 1340. The molecule has 34 heavy (non-hydrogen) atoms. The van der Waals surface area contributed by atoms with E-state index < -0.39 is 47.5 Å². The van der Waals surface area contributed by atoms with E-state index in [1.54, 1.807) is 35.5 Å². The topological polar surface area (TPSA) is 82.1 Å². The smallest absolute Gasteiger partial charge is 0.249 e. The van der Waals surface area contributed by atoms with Crippen LogP contribution in [-0.4, -0.2) is 35.0 Å². The van der Waals surface area contributed by atoms with Crippen LogP contribution in [0.2, 0.25) is 0 Å². The minimum Gasteiger partial charge on any atom is -0.324 e. The number of carbonyl (C=O) groups is 3. The summed E-state index contributed by atoms with van der Waals surface area (Å²) in [7, 11) is 0. The molecule has 3 aliphatic rings. The van der Waals surface area contributed by atoms with Crippen molar-refractivity contribution in [2.45, 2.75) is 12.1 Å². The predicted octanol–water partition coefficient (Wildman–Crippen LogP) is 3.34. The monoisotopic (exact) mass is 454 g/mol. The second-order valence-electron chi connectivity index (χ2n) is 8.54. The van der Waals surface area contributed by atoms with E-state index in [1.807, 2.05) is 30.3 Å². The molecule has 0 aromatic heterocycles. The van der Waals surface area contributed by atoms with Crippen molar-refractivity contribution in [1.82, 2.24) is 5.01 Å². The number of carbonyl (C=O) groups excluding carboxylic acids is 3. The molecule has 0 bridgehead atoms. The Morgan fingerprint density at radius 3 is 2.29 bits per heavy atom. The average molecular weight is 454 g/mol. The summed E-state index contributed by atoms with van der Waals surface area (Å²) in [6.45, 7) is 0. The number of imide groups is 1. The lowest BCUT2D eigenvalue weighted by atomic mass is 9.85. The number of hydrogen-bond donors (Lipinski definition) is 1. The number of hydrogen-bond acceptors (Lipinski definition) is 5. The summed E-state index contributed by atoms with van der Waals surface area (Å²) in [5.74, 6) is -3.53. The zero-order valence-corrected chi connectivity index (χ0v) is 17.8. The summed E-state index contributed by atoms with van der Waals surface area (Å²) in [6.07, 6.45) is 1.66. The molecule has 2 saturated heterocycles. The normalized spacial score (nSPS) is 24.6. The molecule has 0 radical (unpaired) electrons. The van der Waals surface area contributed by atoms with E-state index in [0.29, 0.717) is 5.69 Å². The van der Waals surface area contributed by atoms with E-state index in [2.05, 4.69) is 10.4 Å². The fraction of sp³-hybridized carbons (Fsp3) is 0.154. The summed E-state index contributed by atoms with van der Waals surface area (Å²) >= 11 is 0. The zero-order chi connectivity index (χ0) is 23.4. The van der Waals surface area contributed by atoms with Gasteiger partial charge >= 0.3 is 0 Å². The molecule has 3 amide bonds.